The molecule has 0 saturated heterocycles. The first-order valence-corrected chi connectivity index (χ1v) is 7.96. The van der Waals surface area contributed by atoms with E-state index in [4.69, 9.17) is 10.5 Å². The number of hydrogen-bond acceptors (Lipinski definition) is 3. The van der Waals surface area contributed by atoms with Crippen LogP contribution in [0.5, 0.6) is 5.75 Å². The van der Waals surface area contributed by atoms with Gasteiger partial charge < -0.3 is 15.8 Å². The van der Waals surface area contributed by atoms with Crippen LogP contribution < -0.4 is 15.8 Å². The van der Waals surface area contributed by atoms with Gasteiger partial charge in [0, 0.05) is 30.1 Å². The lowest BCUT2D eigenvalue weighted by Gasteiger charge is -2.17. The van der Waals surface area contributed by atoms with E-state index >= 15 is 0 Å². The number of nitrogens with one attached hydrogen (secondary N) is 1. The van der Waals surface area contributed by atoms with E-state index in [1.165, 1.54) is 25.7 Å². The summed E-state index contributed by atoms with van der Waals surface area (Å²) in [5, 5.41) is 3.50. The van der Waals surface area contributed by atoms with Gasteiger partial charge in [-0.1, -0.05) is 40.0 Å². The third-order valence-electron chi connectivity index (χ3n) is 3.54. The van der Waals surface area contributed by atoms with Crippen molar-refractivity contribution in [2.45, 2.75) is 52.9 Å². The van der Waals surface area contributed by atoms with E-state index in [-0.39, 0.29) is 0 Å². The van der Waals surface area contributed by atoms with Crippen molar-refractivity contribution in [3.05, 3.63) is 18.2 Å². The molecule has 0 saturated carbocycles. The summed E-state index contributed by atoms with van der Waals surface area (Å²) in [5.74, 6) is 1.59. The number of ether oxygens (including phenoxy) is 1. The van der Waals surface area contributed by atoms with Gasteiger partial charge in [0.15, 0.2) is 0 Å². The van der Waals surface area contributed by atoms with Gasteiger partial charge in [0.05, 0.1) is 6.61 Å². The Morgan fingerprint density at radius 2 is 1.95 bits per heavy atom. The minimum atomic E-state index is 0.733. The van der Waals surface area contributed by atoms with Crippen molar-refractivity contribution in [3.63, 3.8) is 0 Å². The van der Waals surface area contributed by atoms with Crippen LogP contribution in [0, 0.1) is 5.92 Å². The average Bonchev–Trinajstić information content (AvgIpc) is 2.45. The molecule has 0 aromatic heterocycles. The van der Waals surface area contributed by atoms with E-state index in [1.807, 2.05) is 18.2 Å². The van der Waals surface area contributed by atoms with Gasteiger partial charge in [-0.3, -0.25) is 0 Å². The minimum Gasteiger partial charge on any atom is -0.493 e. The van der Waals surface area contributed by atoms with Crippen molar-refractivity contribution in [3.8, 4) is 5.75 Å². The third kappa shape index (κ3) is 6.18. The molecule has 20 heavy (non-hydrogen) atoms. The first kappa shape index (κ1) is 16.7. The molecule has 0 amide bonds. The molecule has 1 aromatic carbocycles. The lowest BCUT2D eigenvalue weighted by Crippen LogP contribution is -2.14. The standard InChI is InChI=1S/C17H30N2O/c1-4-7-8-14(6-3)13-19-16-10-15(18)11-17(12-16)20-9-5-2/h10-12,14,19H,4-9,13,18H2,1-3H3. The number of nitrogens with two attached hydrogens (primary N) is 1. The molecule has 3 heteroatoms. The smallest absolute Gasteiger partial charge is 0.123 e. The van der Waals surface area contributed by atoms with Crippen LogP contribution in [-0.2, 0) is 0 Å². The fourth-order valence-corrected chi connectivity index (χ4v) is 2.23. The molecule has 0 aliphatic rings. The quantitative estimate of drug-likeness (QED) is 0.611. The van der Waals surface area contributed by atoms with E-state index in [0.29, 0.717) is 0 Å². The molecule has 0 aliphatic heterocycles. The first-order chi connectivity index (χ1) is 9.69. The molecule has 1 atom stereocenters. The van der Waals surface area contributed by atoms with Gasteiger partial charge in [0.1, 0.15) is 5.75 Å². The Morgan fingerprint density at radius 3 is 2.60 bits per heavy atom. The zero-order valence-electron chi connectivity index (χ0n) is 13.2. The van der Waals surface area contributed by atoms with E-state index in [9.17, 15) is 0 Å². The second-order valence-electron chi connectivity index (χ2n) is 5.44. The summed E-state index contributed by atoms with van der Waals surface area (Å²) < 4.78 is 5.65. The molecule has 0 aliphatic carbocycles. The highest BCUT2D eigenvalue weighted by Gasteiger charge is 2.06. The highest BCUT2D eigenvalue weighted by Crippen LogP contribution is 2.23. The summed E-state index contributed by atoms with van der Waals surface area (Å²) in [6.45, 7) is 8.35. The van der Waals surface area contributed by atoms with Crippen molar-refractivity contribution >= 4 is 11.4 Å². The Bertz CT molecular complexity index is 379. The number of nitrogen functional groups attached to an aromatic ring is 1. The summed E-state index contributed by atoms with van der Waals surface area (Å²) >= 11 is 0. The number of hydrogen-bond donors (Lipinski definition) is 2. The van der Waals surface area contributed by atoms with Crippen molar-refractivity contribution in [1.82, 2.24) is 0 Å². The maximum atomic E-state index is 5.93. The molecule has 1 unspecified atom stereocenters. The van der Waals surface area contributed by atoms with Crippen LogP contribution in [0.25, 0.3) is 0 Å². The largest absolute Gasteiger partial charge is 0.493 e. The highest BCUT2D eigenvalue weighted by atomic mass is 16.5. The monoisotopic (exact) mass is 278 g/mol. The Balaban J connectivity index is 2.55. The fourth-order valence-electron chi connectivity index (χ4n) is 2.23. The van der Waals surface area contributed by atoms with Crippen LogP contribution in [0.2, 0.25) is 0 Å². The molecule has 3 N–H and O–H groups in total. The summed E-state index contributed by atoms with van der Waals surface area (Å²) in [4.78, 5) is 0. The van der Waals surface area contributed by atoms with Crippen LogP contribution in [-0.4, -0.2) is 13.2 Å². The zero-order chi connectivity index (χ0) is 14.8. The molecule has 0 fully saturated rings. The minimum absolute atomic E-state index is 0.733. The number of unbranched alkanes of at least 4 members (excludes halogenated alkanes) is 1. The van der Waals surface area contributed by atoms with Crippen molar-refractivity contribution in [2.24, 2.45) is 5.92 Å². The molecular weight excluding hydrogens is 248 g/mol. The summed E-state index contributed by atoms with van der Waals surface area (Å²) in [5.41, 5.74) is 7.74. The van der Waals surface area contributed by atoms with Gasteiger partial charge in [-0.25, -0.2) is 0 Å². The van der Waals surface area contributed by atoms with Crippen molar-refractivity contribution < 1.29 is 4.74 Å². The van der Waals surface area contributed by atoms with Crippen LogP contribution in [0.1, 0.15) is 52.9 Å². The van der Waals surface area contributed by atoms with E-state index < -0.39 is 0 Å². The lowest BCUT2D eigenvalue weighted by atomic mass is 9.99. The zero-order valence-corrected chi connectivity index (χ0v) is 13.2. The molecule has 1 rings (SSSR count). The summed E-state index contributed by atoms with van der Waals surface area (Å²) in [6.07, 6.45) is 6.09. The molecule has 0 radical (unpaired) electrons. The third-order valence-corrected chi connectivity index (χ3v) is 3.54. The van der Waals surface area contributed by atoms with Crippen molar-refractivity contribution in [1.29, 1.82) is 0 Å². The normalized spacial score (nSPS) is 12.2. The molecule has 3 nitrogen and oxygen atoms in total. The number of anilines is 2. The van der Waals surface area contributed by atoms with Crippen LogP contribution in [0.15, 0.2) is 18.2 Å². The van der Waals surface area contributed by atoms with Gasteiger partial charge >= 0.3 is 0 Å². The second kappa shape index (κ2) is 9.51. The maximum absolute atomic E-state index is 5.93. The van der Waals surface area contributed by atoms with E-state index in [1.54, 1.807) is 0 Å². The van der Waals surface area contributed by atoms with Gasteiger partial charge in [-0.05, 0) is 24.8 Å². The Morgan fingerprint density at radius 1 is 1.15 bits per heavy atom. The van der Waals surface area contributed by atoms with Crippen LogP contribution in [0.4, 0.5) is 11.4 Å². The molecule has 0 spiro atoms. The van der Waals surface area contributed by atoms with Gasteiger partial charge in [-0.15, -0.1) is 0 Å². The van der Waals surface area contributed by atoms with E-state index in [2.05, 4.69) is 26.1 Å². The Labute approximate surface area is 123 Å². The summed E-state index contributed by atoms with van der Waals surface area (Å²) in [7, 11) is 0. The number of benzene rings is 1. The van der Waals surface area contributed by atoms with Gasteiger partial charge in [-0.2, -0.15) is 0 Å². The predicted octanol–water partition coefficient (Wildman–Crippen LogP) is 4.69. The molecule has 114 valence electrons. The fraction of sp³-hybridized carbons (Fsp3) is 0.647. The SMILES string of the molecule is CCCCC(CC)CNc1cc(N)cc(OCCC)c1. The predicted molar refractivity (Wildman–Crippen MR) is 88.4 cm³/mol. The van der Waals surface area contributed by atoms with Gasteiger partial charge in [0.25, 0.3) is 0 Å². The van der Waals surface area contributed by atoms with Gasteiger partial charge in [0.2, 0.25) is 0 Å². The van der Waals surface area contributed by atoms with Crippen molar-refractivity contribution in [2.75, 3.05) is 24.2 Å². The maximum Gasteiger partial charge on any atom is 0.123 e. The first-order valence-electron chi connectivity index (χ1n) is 7.96. The highest BCUT2D eigenvalue weighted by molar-refractivity contribution is 5.59. The van der Waals surface area contributed by atoms with E-state index in [0.717, 1.165) is 42.6 Å². The second-order valence-corrected chi connectivity index (χ2v) is 5.44. The van der Waals surface area contributed by atoms with Crippen LogP contribution in [0.3, 0.4) is 0 Å². The average molecular weight is 278 g/mol. The molecular formula is C17H30N2O. The molecule has 0 bridgehead atoms. The Kier molecular flexibility index (Phi) is 7.93. The topological polar surface area (TPSA) is 47.3 Å². The lowest BCUT2D eigenvalue weighted by molar-refractivity contribution is 0.318. The molecule has 1 aromatic rings. The Hall–Kier alpha value is -1.38. The summed E-state index contributed by atoms with van der Waals surface area (Å²) in [6, 6.07) is 5.90. The number of rotatable bonds is 10. The molecule has 0 heterocycles. The van der Waals surface area contributed by atoms with Crippen LogP contribution >= 0.6 is 0 Å².